The van der Waals surface area contributed by atoms with E-state index in [1.165, 1.54) is 0 Å². The van der Waals surface area contributed by atoms with Crippen LogP contribution in [0.15, 0.2) is 24.3 Å². The fourth-order valence-corrected chi connectivity index (χ4v) is 1.53. The Kier molecular flexibility index (Phi) is 9.15. The Morgan fingerprint density at radius 1 is 1.10 bits per heavy atom. The van der Waals surface area contributed by atoms with E-state index in [0.717, 1.165) is 18.5 Å². The molecule has 1 aromatic rings. The number of halogens is 1. The molecule has 0 bridgehead atoms. The second kappa shape index (κ2) is 10.1. The molecule has 6 nitrogen and oxygen atoms in total. The van der Waals surface area contributed by atoms with E-state index in [1.54, 1.807) is 24.3 Å². The van der Waals surface area contributed by atoms with Crippen LogP contribution < -0.4 is 21.7 Å². The molecule has 0 saturated heterocycles. The second-order valence-corrected chi connectivity index (χ2v) is 4.13. The average Bonchev–Trinajstić information content (AvgIpc) is 2.41. The molecule has 20 heavy (non-hydrogen) atoms. The number of rotatable bonds is 7. The number of carbonyl (C=O) groups excluding carboxylic acids is 2. The van der Waals surface area contributed by atoms with Gasteiger partial charge in [0.15, 0.2) is 0 Å². The molecular formula is C13H21ClN4O2. The molecule has 0 aliphatic carbocycles. The molecule has 7 heteroatoms. The Morgan fingerprint density at radius 3 is 2.30 bits per heavy atom. The van der Waals surface area contributed by atoms with Gasteiger partial charge in [0, 0.05) is 18.7 Å². The lowest BCUT2D eigenvalue weighted by Crippen LogP contribution is -2.28. The molecule has 0 aromatic heterocycles. The third kappa shape index (κ3) is 6.96. The first-order valence-electron chi connectivity index (χ1n) is 6.18. The molecule has 0 aliphatic heterocycles. The lowest BCUT2D eigenvalue weighted by Gasteiger charge is -2.06. The summed E-state index contributed by atoms with van der Waals surface area (Å²) in [4.78, 5) is 22.3. The van der Waals surface area contributed by atoms with Crippen molar-refractivity contribution in [2.45, 2.75) is 13.0 Å². The lowest BCUT2D eigenvalue weighted by atomic mass is 10.1. The van der Waals surface area contributed by atoms with Crippen LogP contribution >= 0.6 is 12.4 Å². The van der Waals surface area contributed by atoms with Gasteiger partial charge in [-0.05, 0) is 37.7 Å². The summed E-state index contributed by atoms with van der Waals surface area (Å²) in [6.07, 6.45) is 0.892. The van der Waals surface area contributed by atoms with Crippen molar-refractivity contribution < 1.29 is 9.59 Å². The zero-order valence-corrected chi connectivity index (χ0v) is 12.3. The fraction of sp³-hybridized carbons (Fsp3) is 0.385. The Hall–Kier alpha value is -1.79. The van der Waals surface area contributed by atoms with Gasteiger partial charge in [-0.2, -0.15) is 0 Å². The van der Waals surface area contributed by atoms with Gasteiger partial charge in [-0.1, -0.05) is 12.1 Å². The number of hydrogen-bond donors (Lipinski definition) is 4. The molecule has 0 aliphatic rings. The molecule has 0 heterocycles. The molecule has 0 unspecified atom stereocenters. The highest BCUT2D eigenvalue weighted by atomic mass is 35.5. The van der Waals surface area contributed by atoms with Crippen molar-refractivity contribution in [3.63, 3.8) is 0 Å². The highest BCUT2D eigenvalue weighted by Gasteiger charge is 2.04. The van der Waals surface area contributed by atoms with Crippen LogP contribution in [0.4, 0.5) is 4.79 Å². The van der Waals surface area contributed by atoms with Crippen LogP contribution in [-0.2, 0) is 6.54 Å². The predicted octanol–water partition coefficient (Wildman–Crippen LogP) is 0.616. The summed E-state index contributed by atoms with van der Waals surface area (Å²) in [5.74, 6) is -0.0921. The van der Waals surface area contributed by atoms with Gasteiger partial charge in [0.25, 0.3) is 5.91 Å². The molecule has 0 saturated carbocycles. The van der Waals surface area contributed by atoms with Crippen molar-refractivity contribution >= 4 is 24.3 Å². The minimum atomic E-state index is -0.564. The number of benzene rings is 1. The Balaban J connectivity index is 0.00000361. The summed E-state index contributed by atoms with van der Waals surface area (Å²) >= 11 is 0. The predicted molar refractivity (Wildman–Crippen MR) is 81.0 cm³/mol. The van der Waals surface area contributed by atoms with Crippen LogP contribution in [0.5, 0.6) is 0 Å². The molecule has 1 aromatic carbocycles. The van der Waals surface area contributed by atoms with Crippen molar-refractivity contribution in [2.24, 2.45) is 5.73 Å². The zero-order valence-electron chi connectivity index (χ0n) is 11.4. The Bertz CT molecular complexity index is 423. The van der Waals surface area contributed by atoms with E-state index in [1.807, 2.05) is 7.05 Å². The van der Waals surface area contributed by atoms with E-state index in [9.17, 15) is 9.59 Å². The van der Waals surface area contributed by atoms with Crippen LogP contribution in [0.2, 0.25) is 0 Å². The fourth-order valence-electron chi connectivity index (χ4n) is 1.53. The molecular weight excluding hydrogens is 280 g/mol. The number of nitrogens with one attached hydrogen (secondary N) is 3. The monoisotopic (exact) mass is 300 g/mol. The van der Waals surface area contributed by atoms with Crippen molar-refractivity contribution in [1.29, 1.82) is 0 Å². The van der Waals surface area contributed by atoms with Gasteiger partial charge in [0.1, 0.15) is 0 Å². The van der Waals surface area contributed by atoms with Crippen LogP contribution in [0, 0.1) is 0 Å². The third-order valence-electron chi connectivity index (χ3n) is 2.57. The molecule has 112 valence electrons. The summed E-state index contributed by atoms with van der Waals surface area (Å²) in [5, 5.41) is 8.34. The van der Waals surface area contributed by atoms with Gasteiger partial charge >= 0.3 is 6.03 Å². The molecule has 0 atom stereocenters. The topological polar surface area (TPSA) is 96.2 Å². The number of nitrogens with two attached hydrogens (primary N) is 1. The second-order valence-electron chi connectivity index (χ2n) is 4.13. The minimum Gasteiger partial charge on any atom is -0.352 e. The van der Waals surface area contributed by atoms with Crippen molar-refractivity contribution in [1.82, 2.24) is 16.0 Å². The number of hydrogen-bond acceptors (Lipinski definition) is 3. The molecule has 0 radical (unpaired) electrons. The molecule has 0 spiro atoms. The maximum atomic E-state index is 11.8. The van der Waals surface area contributed by atoms with Crippen LogP contribution in [0.3, 0.4) is 0 Å². The zero-order chi connectivity index (χ0) is 14.1. The van der Waals surface area contributed by atoms with Crippen LogP contribution in [0.1, 0.15) is 22.3 Å². The summed E-state index contributed by atoms with van der Waals surface area (Å²) in [5.41, 5.74) is 6.48. The first-order valence-corrected chi connectivity index (χ1v) is 6.18. The van der Waals surface area contributed by atoms with Crippen molar-refractivity contribution in [3.8, 4) is 0 Å². The van der Waals surface area contributed by atoms with E-state index in [4.69, 9.17) is 5.73 Å². The smallest absolute Gasteiger partial charge is 0.312 e. The van der Waals surface area contributed by atoms with Gasteiger partial charge < -0.3 is 21.7 Å². The van der Waals surface area contributed by atoms with E-state index in [-0.39, 0.29) is 18.3 Å². The van der Waals surface area contributed by atoms with Crippen molar-refractivity contribution in [3.05, 3.63) is 35.4 Å². The number of primary amides is 1. The van der Waals surface area contributed by atoms with Gasteiger partial charge in [-0.15, -0.1) is 12.4 Å². The van der Waals surface area contributed by atoms with E-state index < -0.39 is 6.03 Å². The van der Waals surface area contributed by atoms with Crippen molar-refractivity contribution in [2.75, 3.05) is 20.1 Å². The van der Waals surface area contributed by atoms with E-state index in [2.05, 4.69) is 16.0 Å². The molecule has 3 amide bonds. The summed E-state index contributed by atoms with van der Waals surface area (Å²) < 4.78 is 0. The van der Waals surface area contributed by atoms with Gasteiger partial charge in [0.2, 0.25) is 0 Å². The summed E-state index contributed by atoms with van der Waals surface area (Å²) in [6.45, 7) is 1.88. The Morgan fingerprint density at radius 2 is 1.75 bits per heavy atom. The van der Waals surface area contributed by atoms with Gasteiger partial charge in [0.05, 0.1) is 0 Å². The van der Waals surface area contributed by atoms with Crippen LogP contribution in [-0.4, -0.2) is 32.1 Å². The molecule has 0 fully saturated rings. The standard InChI is InChI=1S/C13H20N4O2.ClH/c1-15-7-2-8-16-12(18)11-5-3-10(4-6-11)9-17-13(14)19;/h3-6,15H,2,7-9H2,1H3,(H,16,18)(H3,14,17,19);1H. The summed E-state index contributed by atoms with van der Waals surface area (Å²) in [6, 6.07) is 6.47. The largest absolute Gasteiger partial charge is 0.352 e. The SMILES string of the molecule is CNCCCNC(=O)c1ccc(CNC(N)=O)cc1.Cl. The normalized spacial score (nSPS) is 9.45. The quantitative estimate of drug-likeness (QED) is 0.556. The average molecular weight is 301 g/mol. The first-order chi connectivity index (χ1) is 9.13. The Labute approximate surface area is 124 Å². The number of carbonyl (C=O) groups is 2. The van der Waals surface area contributed by atoms with Gasteiger partial charge in [-0.3, -0.25) is 4.79 Å². The highest BCUT2D eigenvalue weighted by molar-refractivity contribution is 5.94. The molecule has 5 N–H and O–H groups in total. The highest BCUT2D eigenvalue weighted by Crippen LogP contribution is 2.04. The maximum absolute atomic E-state index is 11.8. The molecule has 1 rings (SSSR count). The first kappa shape index (κ1) is 18.2. The summed E-state index contributed by atoms with van der Waals surface area (Å²) in [7, 11) is 1.88. The number of urea groups is 1. The third-order valence-corrected chi connectivity index (χ3v) is 2.57. The van der Waals surface area contributed by atoms with Gasteiger partial charge in [-0.25, -0.2) is 4.79 Å². The number of amides is 3. The van der Waals surface area contributed by atoms with E-state index >= 15 is 0 Å². The maximum Gasteiger partial charge on any atom is 0.312 e. The van der Waals surface area contributed by atoms with E-state index in [0.29, 0.717) is 18.7 Å². The minimum absolute atomic E-state index is 0. The van der Waals surface area contributed by atoms with Crippen LogP contribution in [0.25, 0.3) is 0 Å². The lowest BCUT2D eigenvalue weighted by molar-refractivity contribution is 0.0953.